The van der Waals surface area contributed by atoms with E-state index in [4.69, 9.17) is 17.3 Å². The van der Waals surface area contributed by atoms with Gasteiger partial charge in [0.25, 0.3) is 5.91 Å². The maximum absolute atomic E-state index is 12.5. The first-order chi connectivity index (χ1) is 12.9. The first-order valence-corrected chi connectivity index (χ1v) is 9.52. The third-order valence-electron chi connectivity index (χ3n) is 3.60. The number of carbonyl (C=O) groups is 3. The standard InChI is InChI=1S/C19H20ClN3O3S/c1-12(27-16-9-5-3-7-14(16)20)18(25)23-15-8-4-2-6-13(15)19(26)22-11-10-17(21)24/h2-9,12H,10-11H2,1H3,(H2,21,24)(H,22,26)(H,23,25). The van der Waals surface area contributed by atoms with Crippen molar-refractivity contribution in [2.24, 2.45) is 5.73 Å². The molecule has 0 saturated carbocycles. The van der Waals surface area contributed by atoms with Crippen molar-refractivity contribution in [3.63, 3.8) is 0 Å². The molecule has 2 rings (SSSR count). The van der Waals surface area contributed by atoms with Crippen LogP contribution in [0.5, 0.6) is 0 Å². The number of para-hydroxylation sites is 1. The molecule has 1 atom stereocenters. The van der Waals surface area contributed by atoms with Gasteiger partial charge in [-0.25, -0.2) is 0 Å². The summed E-state index contributed by atoms with van der Waals surface area (Å²) < 4.78 is 0. The number of carbonyl (C=O) groups excluding carboxylic acids is 3. The van der Waals surface area contributed by atoms with Crippen LogP contribution in [0.3, 0.4) is 0 Å². The van der Waals surface area contributed by atoms with Crippen LogP contribution < -0.4 is 16.4 Å². The molecule has 0 spiro atoms. The van der Waals surface area contributed by atoms with E-state index in [2.05, 4.69) is 10.6 Å². The van der Waals surface area contributed by atoms with Gasteiger partial charge in [-0.1, -0.05) is 35.9 Å². The van der Waals surface area contributed by atoms with Crippen LogP contribution in [0.15, 0.2) is 53.4 Å². The molecule has 0 saturated heterocycles. The van der Waals surface area contributed by atoms with Crippen molar-refractivity contribution in [1.29, 1.82) is 0 Å². The molecule has 142 valence electrons. The predicted octanol–water partition coefficient (Wildman–Crippen LogP) is 3.06. The van der Waals surface area contributed by atoms with Crippen molar-refractivity contribution >= 4 is 46.8 Å². The lowest BCUT2D eigenvalue weighted by Gasteiger charge is -2.15. The maximum Gasteiger partial charge on any atom is 0.253 e. The van der Waals surface area contributed by atoms with Gasteiger partial charge in [-0.3, -0.25) is 14.4 Å². The molecular formula is C19H20ClN3O3S. The zero-order valence-electron chi connectivity index (χ0n) is 14.7. The molecule has 0 fully saturated rings. The Kier molecular flexibility index (Phi) is 7.69. The number of rotatable bonds is 8. The highest BCUT2D eigenvalue weighted by Gasteiger charge is 2.19. The van der Waals surface area contributed by atoms with Crippen molar-refractivity contribution in [3.8, 4) is 0 Å². The minimum absolute atomic E-state index is 0.0474. The monoisotopic (exact) mass is 405 g/mol. The molecule has 0 bridgehead atoms. The molecule has 8 heteroatoms. The van der Waals surface area contributed by atoms with E-state index in [1.54, 1.807) is 37.3 Å². The maximum atomic E-state index is 12.5. The Hall–Kier alpha value is -2.51. The Labute approximate surface area is 166 Å². The van der Waals surface area contributed by atoms with Crippen LogP contribution in [0.4, 0.5) is 5.69 Å². The van der Waals surface area contributed by atoms with Gasteiger partial charge in [0, 0.05) is 17.9 Å². The predicted molar refractivity (Wildman–Crippen MR) is 108 cm³/mol. The zero-order chi connectivity index (χ0) is 19.8. The first-order valence-electron chi connectivity index (χ1n) is 8.26. The molecule has 0 heterocycles. The van der Waals surface area contributed by atoms with Crippen LogP contribution in [0.1, 0.15) is 23.7 Å². The Morgan fingerprint density at radius 3 is 2.48 bits per heavy atom. The van der Waals surface area contributed by atoms with E-state index < -0.39 is 17.1 Å². The molecule has 1 unspecified atom stereocenters. The SMILES string of the molecule is CC(Sc1ccccc1Cl)C(=O)Nc1ccccc1C(=O)NCCC(N)=O. The Morgan fingerprint density at radius 1 is 1.11 bits per heavy atom. The number of hydrogen-bond acceptors (Lipinski definition) is 4. The number of halogens is 1. The molecule has 0 aromatic heterocycles. The third kappa shape index (κ3) is 6.30. The van der Waals surface area contributed by atoms with Gasteiger partial charge >= 0.3 is 0 Å². The fraction of sp³-hybridized carbons (Fsp3) is 0.211. The average Bonchev–Trinajstić information content (AvgIpc) is 2.63. The second-order valence-electron chi connectivity index (χ2n) is 5.70. The van der Waals surface area contributed by atoms with Gasteiger partial charge < -0.3 is 16.4 Å². The van der Waals surface area contributed by atoms with Crippen molar-refractivity contribution in [3.05, 3.63) is 59.1 Å². The third-order valence-corrected chi connectivity index (χ3v) is 5.22. The summed E-state index contributed by atoms with van der Waals surface area (Å²) in [5.41, 5.74) is 5.77. The molecule has 0 aliphatic rings. The van der Waals surface area contributed by atoms with Crippen LogP contribution in [-0.4, -0.2) is 29.5 Å². The summed E-state index contributed by atoms with van der Waals surface area (Å²) in [6.45, 7) is 1.90. The summed E-state index contributed by atoms with van der Waals surface area (Å²) in [5, 5.41) is 5.54. The van der Waals surface area contributed by atoms with Gasteiger partial charge in [-0.2, -0.15) is 0 Å². The molecule has 6 nitrogen and oxygen atoms in total. The first kappa shape index (κ1) is 20.8. The molecule has 4 N–H and O–H groups in total. The summed E-state index contributed by atoms with van der Waals surface area (Å²) in [6.07, 6.45) is 0.0474. The Balaban J connectivity index is 2.04. The topological polar surface area (TPSA) is 101 Å². The molecular weight excluding hydrogens is 386 g/mol. The van der Waals surface area contributed by atoms with Crippen molar-refractivity contribution in [1.82, 2.24) is 5.32 Å². The average molecular weight is 406 g/mol. The molecule has 0 aliphatic heterocycles. The number of primary amides is 1. The lowest BCUT2D eigenvalue weighted by Crippen LogP contribution is -2.29. The van der Waals surface area contributed by atoms with Gasteiger partial charge in [0.2, 0.25) is 11.8 Å². The largest absolute Gasteiger partial charge is 0.370 e. The van der Waals surface area contributed by atoms with Crippen LogP contribution in [-0.2, 0) is 9.59 Å². The summed E-state index contributed by atoms with van der Waals surface area (Å²) in [7, 11) is 0. The van der Waals surface area contributed by atoms with Gasteiger partial charge in [0.05, 0.1) is 21.5 Å². The summed E-state index contributed by atoms with van der Waals surface area (Å²) in [5.74, 6) is -1.14. The molecule has 27 heavy (non-hydrogen) atoms. The second kappa shape index (κ2) is 9.99. The van der Waals surface area contributed by atoms with E-state index in [0.29, 0.717) is 16.3 Å². The fourth-order valence-electron chi connectivity index (χ4n) is 2.20. The normalized spacial score (nSPS) is 11.5. The number of thioether (sulfide) groups is 1. The molecule has 3 amide bonds. The molecule has 2 aromatic rings. The van der Waals surface area contributed by atoms with E-state index in [0.717, 1.165) is 4.90 Å². The van der Waals surface area contributed by atoms with Gasteiger partial charge in [0.15, 0.2) is 0 Å². The van der Waals surface area contributed by atoms with E-state index in [1.165, 1.54) is 11.8 Å². The number of nitrogens with one attached hydrogen (secondary N) is 2. The quantitative estimate of drug-likeness (QED) is 0.587. The summed E-state index contributed by atoms with van der Waals surface area (Å²) >= 11 is 7.47. The van der Waals surface area contributed by atoms with Crippen molar-refractivity contribution in [2.45, 2.75) is 23.5 Å². The number of amides is 3. The highest BCUT2D eigenvalue weighted by atomic mass is 35.5. The van der Waals surface area contributed by atoms with E-state index in [-0.39, 0.29) is 18.9 Å². The summed E-state index contributed by atoms with van der Waals surface area (Å²) in [4.78, 5) is 36.4. The number of anilines is 1. The molecule has 2 aromatic carbocycles. The van der Waals surface area contributed by atoms with Gasteiger partial charge in [-0.05, 0) is 31.2 Å². The summed E-state index contributed by atoms with van der Waals surface area (Å²) in [6, 6.07) is 13.9. The second-order valence-corrected chi connectivity index (χ2v) is 7.49. The van der Waals surface area contributed by atoms with Crippen LogP contribution in [0.2, 0.25) is 5.02 Å². The van der Waals surface area contributed by atoms with E-state index >= 15 is 0 Å². The fourth-order valence-corrected chi connectivity index (χ4v) is 3.36. The van der Waals surface area contributed by atoms with Crippen molar-refractivity contribution in [2.75, 3.05) is 11.9 Å². The minimum Gasteiger partial charge on any atom is -0.370 e. The van der Waals surface area contributed by atoms with Crippen LogP contribution in [0, 0.1) is 0 Å². The van der Waals surface area contributed by atoms with E-state index in [1.807, 2.05) is 18.2 Å². The number of benzene rings is 2. The molecule has 0 radical (unpaired) electrons. The lowest BCUT2D eigenvalue weighted by molar-refractivity contribution is -0.118. The molecule has 0 aliphatic carbocycles. The van der Waals surface area contributed by atoms with E-state index in [9.17, 15) is 14.4 Å². The highest BCUT2D eigenvalue weighted by Crippen LogP contribution is 2.30. The lowest BCUT2D eigenvalue weighted by atomic mass is 10.1. The van der Waals surface area contributed by atoms with Gasteiger partial charge in [0.1, 0.15) is 0 Å². The van der Waals surface area contributed by atoms with Gasteiger partial charge in [-0.15, -0.1) is 11.8 Å². The minimum atomic E-state index is -0.498. The zero-order valence-corrected chi connectivity index (χ0v) is 16.3. The number of nitrogens with two attached hydrogens (primary N) is 1. The Bertz CT molecular complexity index is 844. The Morgan fingerprint density at radius 2 is 1.78 bits per heavy atom. The highest BCUT2D eigenvalue weighted by molar-refractivity contribution is 8.00. The van der Waals surface area contributed by atoms with Crippen molar-refractivity contribution < 1.29 is 14.4 Å². The smallest absolute Gasteiger partial charge is 0.253 e. The van der Waals surface area contributed by atoms with Crippen LogP contribution >= 0.6 is 23.4 Å². The van der Waals surface area contributed by atoms with Crippen LogP contribution in [0.25, 0.3) is 0 Å². The number of hydrogen-bond donors (Lipinski definition) is 3.